The highest BCUT2D eigenvalue weighted by atomic mass is 16.7. The number of carbonyl (C=O) groups is 1. The molecular formula is C20H22N10O6. The molecule has 2 aliphatic rings. The third kappa shape index (κ3) is 4.40. The van der Waals surface area contributed by atoms with E-state index in [1.165, 1.54) is 16.8 Å². The first-order chi connectivity index (χ1) is 17.4. The molecule has 1 atom stereocenters. The highest BCUT2D eigenvalue weighted by Crippen LogP contribution is 2.37. The lowest BCUT2D eigenvalue weighted by Crippen LogP contribution is -2.38. The quantitative estimate of drug-likeness (QED) is 0.266. The van der Waals surface area contributed by atoms with Gasteiger partial charge in [0.15, 0.2) is 17.2 Å². The van der Waals surface area contributed by atoms with Crippen molar-refractivity contribution in [3.8, 4) is 17.3 Å². The van der Waals surface area contributed by atoms with Gasteiger partial charge in [0.1, 0.15) is 0 Å². The van der Waals surface area contributed by atoms with Crippen LogP contribution in [0.1, 0.15) is 47.9 Å². The van der Waals surface area contributed by atoms with Crippen LogP contribution >= 0.6 is 0 Å². The molecule has 1 fully saturated rings. The third-order valence-electron chi connectivity index (χ3n) is 6.06. The summed E-state index contributed by atoms with van der Waals surface area (Å²) in [5, 5.41) is 30.7. The van der Waals surface area contributed by atoms with Gasteiger partial charge in [-0.15, -0.1) is 5.10 Å². The predicted molar refractivity (Wildman–Crippen MR) is 122 cm³/mol. The molecule has 1 amide bonds. The van der Waals surface area contributed by atoms with Crippen LogP contribution in [0.2, 0.25) is 0 Å². The minimum Gasteiger partial charge on any atom is -0.454 e. The number of aromatic nitrogens is 5. The summed E-state index contributed by atoms with van der Waals surface area (Å²) in [6.07, 6.45) is 4.33. The van der Waals surface area contributed by atoms with Crippen LogP contribution in [0.5, 0.6) is 11.5 Å². The summed E-state index contributed by atoms with van der Waals surface area (Å²) in [6.45, 7) is 3.26. The summed E-state index contributed by atoms with van der Waals surface area (Å²) in [4.78, 5) is 26.1. The van der Waals surface area contributed by atoms with E-state index in [2.05, 4.69) is 47.6 Å². The summed E-state index contributed by atoms with van der Waals surface area (Å²) < 4.78 is 16.4. The van der Waals surface area contributed by atoms with E-state index in [1.54, 1.807) is 0 Å². The first kappa shape index (κ1) is 23.2. The fraction of sp³-hybridized carbons (Fsp3) is 0.400. The first-order valence-electron chi connectivity index (χ1n) is 11.1. The van der Waals surface area contributed by atoms with Crippen LogP contribution in [0, 0.1) is 10.1 Å². The lowest BCUT2D eigenvalue weighted by atomic mass is 10.0. The van der Waals surface area contributed by atoms with Gasteiger partial charge in [0.05, 0.1) is 28.5 Å². The van der Waals surface area contributed by atoms with Crippen molar-refractivity contribution >= 4 is 23.6 Å². The Kier molecular flexibility index (Phi) is 6.16. The smallest absolute Gasteiger partial charge is 0.293 e. The Morgan fingerprint density at radius 2 is 2.14 bits per heavy atom. The molecule has 1 saturated heterocycles. The molecule has 1 aromatic carbocycles. The summed E-state index contributed by atoms with van der Waals surface area (Å²) in [7, 11) is 0. The van der Waals surface area contributed by atoms with E-state index in [1.807, 2.05) is 0 Å². The first-order valence-corrected chi connectivity index (χ1v) is 11.1. The van der Waals surface area contributed by atoms with E-state index in [9.17, 15) is 14.9 Å². The number of nitrogens with zero attached hydrogens (tertiary/aromatic N) is 8. The average molecular weight is 498 g/mol. The van der Waals surface area contributed by atoms with E-state index in [0.717, 1.165) is 32.0 Å². The number of nitrogens with two attached hydrogens (primary N) is 1. The third-order valence-corrected chi connectivity index (χ3v) is 6.06. The van der Waals surface area contributed by atoms with Gasteiger partial charge in [0, 0.05) is 12.6 Å². The van der Waals surface area contributed by atoms with Gasteiger partial charge >= 0.3 is 0 Å². The van der Waals surface area contributed by atoms with E-state index in [0.29, 0.717) is 18.0 Å². The van der Waals surface area contributed by atoms with Crippen molar-refractivity contribution in [2.75, 3.05) is 19.1 Å². The number of carbonyl (C=O) groups excluding carboxylic acids is 1. The van der Waals surface area contributed by atoms with Crippen LogP contribution in [0.25, 0.3) is 5.82 Å². The van der Waals surface area contributed by atoms with Crippen LogP contribution in [0.3, 0.4) is 0 Å². The van der Waals surface area contributed by atoms with Crippen molar-refractivity contribution in [1.82, 2.24) is 35.6 Å². The minimum atomic E-state index is -0.671. The lowest BCUT2D eigenvalue weighted by molar-refractivity contribution is -0.385. The van der Waals surface area contributed by atoms with Crippen molar-refractivity contribution in [3.05, 3.63) is 39.2 Å². The standard InChI is InChI=1S/C20H22N10O6/c1-11-4-2-3-5-28(11)9-14-17(23-27-29(14)19-18(21)25-36-26-19)20(31)24-22-8-12-6-15-16(35-10-34-15)7-13(12)30(32)33/h6-8,11H,2-5,9-10H2,1H3,(H2,21,25)(H,24,31)/b22-8+/t11-/m0/s1. The number of benzene rings is 1. The molecule has 188 valence electrons. The largest absolute Gasteiger partial charge is 0.454 e. The normalized spacial score (nSPS) is 17.5. The Morgan fingerprint density at radius 1 is 1.33 bits per heavy atom. The zero-order chi connectivity index (χ0) is 25.2. The predicted octanol–water partition coefficient (Wildman–Crippen LogP) is 1.01. The van der Waals surface area contributed by atoms with Crippen LogP contribution in [0.4, 0.5) is 11.5 Å². The maximum atomic E-state index is 13.0. The number of nitro benzene ring substituents is 1. The van der Waals surface area contributed by atoms with Crippen molar-refractivity contribution < 1.29 is 23.8 Å². The fourth-order valence-corrected chi connectivity index (χ4v) is 4.13. The number of fused-ring (bicyclic) bond motifs is 1. The Hall–Kier alpha value is -4.60. The molecule has 4 heterocycles. The molecular weight excluding hydrogens is 476 g/mol. The van der Waals surface area contributed by atoms with E-state index >= 15 is 0 Å². The summed E-state index contributed by atoms with van der Waals surface area (Å²) in [6, 6.07) is 2.94. The molecule has 0 spiro atoms. The molecule has 2 aromatic heterocycles. The number of likely N-dealkylation sites (tertiary alicyclic amines) is 1. The minimum absolute atomic E-state index is 0.00654. The van der Waals surface area contributed by atoms with Gasteiger partial charge in [0.25, 0.3) is 11.6 Å². The number of nitrogens with one attached hydrogen (secondary N) is 1. The molecule has 0 bridgehead atoms. The molecule has 0 saturated carbocycles. The highest BCUT2D eigenvalue weighted by Gasteiger charge is 2.28. The number of piperidine rings is 1. The van der Waals surface area contributed by atoms with E-state index in [4.69, 9.17) is 15.2 Å². The van der Waals surface area contributed by atoms with Gasteiger partial charge in [0.2, 0.25) is 18.4 Å². The second-order valence-corrected chi connectivity index (χ2v) is 8.31. The molecule has 16 heteroatoms. The van der Waals surface area contributed by atoms with Gasteiger partial charge in [-0.2, -0.15) is 9.78 Å². The number of anilines is 1. The molecule has 5 rings (SSSR count). The zero-order valence-electron chi connectivity index (χ0n) is 19.2. The molecule has 0 unspecified atom stereocenters. The van der Waals surface area contributed by atoms with Crippen LogP contribution < -0.4 is 20.6 Å². The number of nitrogen functional groups attached to an aromatic ring is 1. The zero-order valence-corrected chi connectivity index (χ0v) is 19.2. The molecule has 0 radical (unpaired) electrons. The number of nitro groups is 1. The molecule has 16 nitrogen and oxygen atoms in total. The van der Waals surface area contributed by atoms with Crippen molar-refractivity contribution in [3.63, 3.8) is 0 Å². The Labute approximate surface area is 203 Å². The molecule has 0 aliphatic carbocycles. The van der Waals surface area contributed by atoms with Gasteiger partial charge in [-0.1, -0.05) is 11.6 Å². The van der Waals surface area contributed by atoms with Crippen LogP contribution in [-0.4, -0.2) is 66.6 Å². The molecule has 3 aromatic rings. The highest BCUT2D eigenvalue weighted by molar-refractivity contribution is 5.94. The molecule has 36 heavy (non-hydrogen) atoms. The van der Waals surface area contributed by atoms with Gasteiger partial charge in [-0.05, 0) is 42.7 Å². The van der Waals surface area contributed by atoms with Crippen LogP contribution in [-0.2, 0) is 6.54 Å². The summed E-state index contributed by atoms with van der Waals surface area (Å²) in [5.74, 6) is 0.0370. The second-order valence-electron chi connectivity index (χ2n) is 8.31. The Bertz CT molecular complexity index is 1330. The van der Waals surface area contributed by atoms with Crippen molar-refractivity contribution in [2.24, 2.45) is 5.10 Å². The molecule has 3 N–H and O–H groups in total. The maximum absolute atomic E-state index is 13.0. The number of hydrazone groups is 1. The van der Waals surface area contributed by atoms with E-state index in [-0.39, 0.29) is 47.2 Å². The Balaban J connectivity index is 1.41. The Morgan fingerprint density at radius 3 is 2.86 bits per heavy atom. The van der Waals surface area contributed by atoms with E-state index < -0.39 is 10.8 Å². The summed E-state index contributed by atoms with van der Waals surface area (Å²) in [5.41, 5.74) is 8.48. The van der Waals surface area contributed by atoms with Gasteiger partial charge in [-0.25, -0.2) is 10.1 Å². The van der Waals surface area contributed by atoms with Gasteiger partial charge in [-0.3, -0.25) is 19.8 Å². The fourth-order valence-electron chi connectivity index (χ4n) is 4.13. The molecule has 2 aliphatic heterocycles. The monoisotopic (exact) mass is 498 g/mol. The van der Waals surface area contributed by atoms with Crippen molar-refractivity contribution in [2.45, 2.75) is 38.8 Å². The SMILES string of the molecule is C[C@H]1CCCCN1Cc1c(C(=O)N/N=C/c2cc3c(cc2[N+](=O)[O-])OCO3)nnn1-c1nonc1N. The number of hydrogen-bond acceptors (Lipinski definition) is 13. The number of ether oxygens (including phenoxy) is 2. The van der Waals surface area contributed by atoms with Crippen LogP contribution in [0.15, 0.2) is 21.9 Å². The van der Waals surface area contributed by atoms with Crippen molar-refractivity contribution in [1.29, 1.82) is 0 Å². The second kappa shape index (κ2) is 9.57. The average Bonchev–Trinajstić information content (AvgIpc) is 3.59. The topological polar surface area (TPSA) is 202 Å². The summed E-state index contributed by atoms with van der Waals surface area (Å²) >= 11 is 0. The number of rotatable bonds is 7. The van der Waals surface area contributed by atoms with Gasteiger partial charge < -0.3 is 15.2 Å². The maximum Gasteiger partial charge on any atom is 0.293 e. The number of hydrogen-bond donors (Lipinski definition) is 2. The lowest BCUT2D eigenvalue weighted by Gasteiger charge is -2.33. The number of amides is 1.